The van der Waals surface area contributed by atoms with Gasteiger partial charge in [-0.2, -0.15) is 0 Å². The Morgan fingerprint density at radius 2 is 1.90 bits per heavy atom. The minimum atomic E-state index is -1.10. The van der Waals surface area contributed by atoms with E-state index in [4.69, 9.17) is 9.84 Å². The minimum absolute atomic E-state index is 0.0918. The van der Waals surface area contributed by atoms with E-state index >= 15 is 0 Å². The normalized spacial score (nSPS) is 11.4. The van der Waals surface area contributed by atoms with Gasteiger partial charge in [-0.05, 0) is 25.5 Å². The molecule has 0 fully saturated rings. The number of esters is 1. The number of amides is 1. The number of rotatable bonds is 9. The van der Waals surface area contributed by atoms with Gasteiger partial charge >= 0.3 is 5.97 Å². The summed E-state index contributed by atoms with van der Waals surface area (Å²) in [5.41, 5.74) is 1.89. The van der Waals surface area contributed by atoms with Crippen LogP contribution in [-0.2, 0) is 16.1 Å². The SMILES string of the molecule is Cc1ccc(CNC(=O)[C@H](C)OC(=O)c2cc([N+](=O)[O-])ccc2NCCO)cc1. The Morgan fingerprint density at radius 1 is 1.21 bits per heavy atom. The molecule has 9 nitrogen and oxygen atoms in total. The lowest BCUT2D eigenvalue weighted by Crippen LogP contribution is -2.35. The van der Waals surface area contributed by atoms with E-state index in [0.29, 0.717) is 0 Å². The molecule has 0 saturated carbocycles. The molecule has 1 amide bonds. The number of hydrogen-bond donors (Lipinski definition) is 3. The third-order valence-electron chi connectivity index (χ3n) is 4.10. The average Bonchev–Trinajstić information content (AvgIpc) is 2.71. The van der Waals surface area contributed by atoms with E-state index in [1.165, 1.54) is 19.1 Å². The number of anilines is 1. The van der Waals surface area contributed by atoms with Crippen LogP contribution in [0.25, 0.3) is 0 Å². The van der Waals surface area contributed by atoms with Crippen LogP contribution >= 0.6 is 0 Å². The van der Waals surface area contributed by atoms with Crippen molar-refractivity contribution in [2.24, 2.45) is 0 Å². The molecule has 0 aliphatic rings. The number of nitro benzene ring substituents is 1. The monoisotopic (exact) mass is 401 g/mol. The second-order valence-electron chi connectivity index (χ2n) is 6.39. The van der Waals surface area contributed by atoms with E-state index in [0.717, 1.165) is 17.2 Å². The lowest BCUT2D eigenvalue weighted by Gasteiger charge is -2.15. The van der Waals surface area contributed by atoms with Crippen LogP contribution in [0.4, 0.5) is 11.4 Å². The highest BCUT2D eigenvalue weighted by Crippen LogP contribution is 2.23. The maximum atomic E-state index is 12.5. The maximum Gasteiger partial charge on any atom is 0.341 e. The second kappa shape index (κ2) is 10.2. The standard InChI is InChI=1S/C20H23N3O6/c1-13-3-5-15(6-4-13)12-22-19(25)14(2)29-20(26)17-11-16(23(27)28)7-8-18(17)21-9-10-24/h3-8,11,14,21,24H,9-10,12H2,1-2H3,(H,22,25)/t14-/m0/s1. The van der Waals surface area contributed by atoms with Crippen LogP contribution in [0.15, 0.2) is 42.5 Å². The molecule has 2 aromatic carbocycles. The first kappa shape index (κ1) is 21.8. The molecular formula is C20H23N3O6. The van der Waals surface area contributed by atoms with E-state index in [9.17, 15) is 19.7 Å². The highest BCUT2D eigenvalue weighted by Gasteiger charge is 2.23. The first-order chi connectivity index (χ1) is 13.8. The summed E-state index contributed by atoms with van der Waals surface area (Å²) in [4.78, 5) is 35.1. The Kier molecular flexibility index (Phi) is 7.67. The Labute approximate surface area is 167 Å². The highest BCUT2D eigenvalue weighted by molar-refractivity contribution is 5.98. The number of hydrogen-bond acceptors (Lipinski definition) is 7. The van der Waals surface area contributed by atoms with Crippen molar-refractivity contribution in [2.75, 3.05) is 18.5 Å². The molecule has 0 radical (unpaired) electrons. The number of carbonyl (C=O) groups excluding carboxylic acids is 2. The zero-order valence-electron chi connectivity index (χ0n) is 16.2. The van der Waals surface area contributed by atoms with Gasteiger partial charge in [-0.1, -0.05) is 29.8 Å². The predicted octanol–water partition coefficient (Wildman–Crippen LogP) is 2.17. The molecule has 9 heteroatoms. The number of nitrogens with zero attached hydrogens (tertiary/aromatic N) is 1. The summed E-state index contributed by atoms with van der Waals surface area (Å²) in [7, 11) is 0. The molecule has 0 unspecified atom stereocenters. The van der Waals surface area contributed by atoms with Gasteiger partial charge in [0.2, 0.25) is 0 Å². The number of aryl methyl sites for hydroxylation is 1. The number of benzene rings is 2. The van der Waals surface area contributed by atoms with E-state index < -0.39 is 22.9 Å². The number of nitro groups is 1. The Balaban J connectivity index is 2.04. The summed E-state index contributed by atoms with van der Waals surface area (Å²) >= 11 is 0. The maximum absolute atomic E-state index is 12.5. The topological polar surface area (TPSA) is 131 Å². The van der Waals surface area contributed by atoms with E-state index in [1.54, 1.807) is 0 Å². The molecule has 3 N–H and O–H groups in total. The number of ether oxygens (including phenoxy) is 1. The van der Waals surface area contributed by atoms with Crippen LogP contribution in [0.3, 0.4) is 0 Å². The van der Waals surface area contributed by atoms with Gasteiger partial charge in [0.1, 0.15) is 0 Å². The van der Waals surface area contributed by atoms with Crippen molar-refractivity contribution in [1.29, 1.82) is 0 Å². The average molecular weight is 401 g/mol. The van der Waals surface area contributed by atoms with Gasteiger partial charge < -0.3 is 20.5 Å². The Morgan fingerprint density at radius 3 is 2.52 bits per heavy atom. The molecule has 1 atom stereocenters. The third kappa shape index (κ3) is 6.28. The van der Waals surface area contributed by atoms with E-state index in [1.807, 2.05) is 31.2 Å². The van der Waals surface area contributed by atoms with Gasteiger partial charge in [0.15, 0.2) is 6.10 Å². The first-order valence-electron chi connectivity index (χ1n) is 8.99. The summed E-state index contributed by atoms with van der Waals surface area (Å²) in [6, 6.07) is 11.3. The van der Waals surface area contributed by atoms with Crippen molar-refractivity contribution in [1.82, 2.24) is 5.32 Å². The Bertz CT molecular complexity index is 882. The molecule has 2 aromatic rings. The smallest absolute Gasteiger partial charge is 0.341 e. The largest absolute Gasteiger partial charge is 0.449 e. The molecule has 154 valence electrons. The number of aliphatic hydroxyl groups excluding tert-OH is 1. The van der Waals surface area contributed by atoms with E-state index in [-0.39, 0.29) is 36.6 Å². The van der Waals surface area contributed by atoms with Crippen molar-refractivity contribution in [2.45, 2.75) is 26.5 Å². The number of non-ortho nitro benzene ring substituents is 1. The highest BCUT2D eigenvalue weighted by atomic mass is 16.6. The van der Waals surface area contributed by atoms with Crippen LogP contribution in [0.1, 0.15) is 28.4 Å². The number of nitrogens with one attached hydrogen (secondary N) is 2. The van der Waals surface area contributed by atoms with Gasteiger partial charge in [0.05, 0.1) is 17.1 Å². The van der Waals surface area contributed by atoms with Gasteiger partial charge in [-0.15, -0.1) is 0 Å². The molecule has 29 heavy (non-hydrogen) atoms. The van der Waals surface area contributed by atoms with Crippen LogP contribution < -0.4 is 10.6 Å². The summed E-state index contributed by atoms with van der Waals surface area (Å²) in [6.45, 7) is 3.61. The summed E-state index contributed by atoms with van der Waals surface area (Å²) in [5, 5.41) is 25.4. The van der Waals surface area contributed by atoms with Crippen molar-refractivity contribution in [3.8, 4) is 0 Å². The molecule has 0 aliphatic heterocycles. The zero-order valence-corrected chi connectivity index (χ0v) is 16.2. The fourth-order valence-electron chi connectivity index (χ4n) is 2.48. The quantitative estimate of drug-likeness (QED) is 0.333. The van der Waals surface area contributed by atoms with Gasteiger partial charge in [-0.3, -0.25) is 14.9 Å². The summed E-state index contributed by atoms with van der Waals surface area (Å²) in [6.07, 6.45) is -1.10. The molecule has 0 aromatic heterocycles. The Hall–Kier alpha value is -3.46. The summed E-state index contributed by atoms with van der Waals surface area (Å²) < 4.78 is 5.19. The van der Waals surface area contributed by atoms with Gasteiger partial charge in [-0.25, -0.2) is 4.79 Å². The number of aliphatic hydroxyl groups is 1. The van der Waals surface area contributed by atoms with Crippen LogP contribution in [0, 0.1) is 17.0 Å². The zero-order chi connectivity index (χ0) is 21.4. The first-order valence-corrected chi connectivity index (χ1v) is 8.99. The van der Waals surface area contributed by atoms with Gasteiger partial charge in [0, 0.05) is 30.9 Å². The molecule has 0 spiro atoms. The number of carbonyl (C=O) groups is 2. The molecule has 0 heterocycles. The molecule has 0 bridgehead atoms. The third-order valence-corrected chi connectivity index (χ3v) is 4.10. The predicted molar refractivity (Wildman–Crippen MR) is 107 cm³/mol. The minimum Gasteiger partial charge on any atom is -0.449 e. The van der Waals surface area contributed by atoms with Crippen LogP contribution in [-0.4, -0.2) is 41.2 Å². The fourth-order valence-corrected chi connectivity index (χ4v) is 2.48. The van der Waals surface area contributed by atoms with E-state index in [2.05, 4.69) is 10.6 Å². The summed E-state index contributed by atoms with van der Waals surface area (Å²) in [5.74, 6) is -1.37. The lowest BCUT2D eigenvalue weighted by molar-refractivity contribution is -0.384. The van der Waals surface area contributed by atoms with Gasteiger partial charge in [0.25, 0.3) is 11.6 Å². The second-order valence-corrected chi connectivity index (χ2v) is 6.39. The van der Waals surface area contributed by atoms with Crippen LogP contribution in [0.2, 0.25) is 0 Å². The van der Waals surface area contributed by atoms with Crippen LogP contribution in [0.5, 0.6) is 0 Å². The van der Waals surface area contributed by atoms with Crippen molar-refractivity contribution >= 4 is 23.3 Å². The van der Waals surface area contributed by atoms with Crippen molar-refractivity contribution in [3.05, 3.63) is 69.3 Å². The van der Waals surface area contributed by atoms with Crippen molar-refractivity contribution in [3.63, 3.8) is 0 Å². The molecular weight excluding hydrogens is 378 g/mol. The lowest BCUT2D eigenvalue weighted by atomic mass is 10.1. The fraction of sp³-hybridized carbons (Fsp3) is 0.300. The molecule has 0 aliphatic carbocycles. The molecule has 0 saturated heterocycles. The molecule has 2 rings (SSSR count). The van der Waals surface area contributed by atoms with Crippen molar-refractivity contribution < 1.29 is 24.4 Å².